The van der Waals surface area contributed by atoms with Gasteiger partial charge in [-0.15, -0.1) is 0 Å². The van der Waals surface area contributed by atoms with Gasteiger partial charge in [-0.25, -0.2) is 13.1 Å². The fourth-order valence-corrected chi connectivity index (χ4v) is 3.58. The smallest absolute Gasteiger partial charge is 0.251 e. The third kappa shape index (κ3) is 5.14. The number of hydrogen-bond donors (Lipinski definition) is 2. The molecule has 0 atom stereocenters. The summed E-state index contributed by atoms with van der Waals surface area (Å²) in [4.78, 5) is 12.3. The second kappa shape index (κ2) is 7.79. The Balaban J connectivity index is 1.53. The average Bonchev–Trinajstić information content (AvgIpc) is 3.31. The molecule has 1 heterocycles. The van der Waals surface area contributed by atoms with Gasteiger partial charge in [0.2, 0.25) is 10.0 Å². The predicted octanol–water partition coefficient (Wildman–Crippen LogP) is 1.39. The van der Waals surface area contributed by atoms with Crippen molar-refractivity contribution in [1.82, 2.24) is 19.8 Å². The number of carbonyl (C=O) groups is 1. The van der Waals surface area contributed by atoms with Gasteiger partial charge in [0, 0.05) is 37.6 Å². The van der Waals surface area contributed by atoms with Crippen LogP contribution in [0.2, 0.25) is 0 Å². The van der Waals surface area contributed by atoms with Crippen LogP contribution in [0.25, 0.3) is 0 Å². The lowest BCUT2D eigenvalue weighted by Crippen LogP contribution is -2.27. The van der Waals surface area contributed by atoms with Crippen LogP contribution < -0.4 is 10.0 Å². The van der Waals surface area contributed by atoms with Crippen LogP contribution in [0, 0.1) is 5.92 Å². The SMILES string of the molecule is O=C(NCCCn1cccn1)c1cccc(S(=O)(=O)NCC2CC2)c1. The third-order valence-electron chi connectivity index (χ3n) is 4.07. The van der Waals surface area contributed by atoms with Crippen LogP contribution in [-0.4, -0.2) is 37.2 Å². The first-order valence-corrected chi connectivity index (χ1v) is 9.88. The highest BCUT2D eigenvalue weighted by atomic mass is 32.2. The van der Waals surface area contributed by atoms with Crippen LogP contribution in [-0.2, 0) is 16.6 Å². The first kappa shape index (κ1) is 17.6. The average molecular weight is 362 g/mol. The molecule has 0 spiro atoms. The molecule has 134 valence electrons. The van der Waals surface area contributed by atoms with Crippen LogP contribution in [0.3, 0.4) is 0 Å². The number of nitrogens with zero attached hydrogens (tertiary/aromatic N) is 2. The molecule has 1 fully saturated rings. The lowest BCUT2D eigenvalue weighted by Gasteiger charge is -2.09. The van der Waals surface area contributed by atoms with Gasteiger partial charge in [-0.2, -0.15) is 5.10 Å². The number of aryl methyl sites for hydroxylation is 1. The van der Waals surface area contributed by atoms with Gasteiger partial charge in [0.1, 0.15) is 0 Å². The van der Waals surface area contributed by atoms with Crippen molar-refractivity contribution in [3.05, 3.63) is 48.3 Å². The van der Waals surface area contributed by atoms with E-state index in [4.69, 9.17) is 0 Å². The third-order valence-corrected chi connectivity index (χ3v) is 5.50. The van der Waals surface area contributed by atoms with Gasteiger partial charge in [-0.1, -0.05) is 6.07 Å². The molecule has 3 rings (SSSR count). The summed E-state index contributed by atoms with van der Waals surface area (Å²) in [6, 6.07) is 7.97. The maximum Gasteiger partial charge on any atom is 0.251 e. The van der Waals surface area contributed by atoms with Gasteiger partial charge in [0.15, 0.2) is 0 Å². The fraction of sp³-hybridized carbons (Fsp3) is 0.412. The quantitative estimate of drug-likeness (QED) is 0.659. The highest BCUT2D eigenvalue weighted by molar-refractivity contribution is 7.89. The molecule has 1 aromatic heterocycles. The van der Waals surface area contributed by atoms with E-state index in [0.29, 0.717) is 31.1 Å². The van der Waals surface area contributed by atoms with Crippen molar-refractivity contribution in [1.29, 1.82) is 0 Å². The molecule has 2 N–H and O–H groups in total. The Labute approximate surface area is 147 Å². The molecular formula is C17H22N4O3S. The highest BCUT2D eigenvalue weighted by Crippen LogP contribution is 2.28. The molecule has 0 aliphatic heterocycles. The number of amides is 1. The molecule has 2 aromatic rings. The van der Waals surface area contributed by atoms with E-state index in [2.05, 4.69) is 15.1 Å². The lowest BCUT2D eigenvalue weighted by molar-refractivity contribution is 0.0952. The van der Waals surface area contributed by atoms with Crippen molar-refractivity contribution < 1.29 is 13.2 Å². The molecule has 0 radical (unpaired) electrons. The van der Waals surface area contributed by atoms with Crippen molar-refractivity contribution >= 4 is 15.9 Å². The summed E-state index contributed by atoms with van der Waals surface area (Å²) < 4.78 is 29.0. The summed E-state index contributed by atoms with van der Waals surface area (Å²) in [5, 5.41) is 6.90. The molecule has 0 saturated heterocycles. The minimum Gasteiger partial charge on any atom is -0.352 e. The van der Waals surface area contributed by atoms with Gasteiger partial charge < -0.3 is 5.32 Å². The lowest BCUT2D eigenvalue weighted by atomic mass is 10.2. The summed E-state index contributed by atoms with van der Waals surface area (Å²) in [7, 11) is -3.57. The molecule has 8 heteroatoms. The summed E-state index contributed by atoms with van der Waals surface area (Å²) >= 11 is 0. The molecule has 1 aliphatic carbocycles. The Morgan fingerprint density at radius 3 is 2.84 bits per heavy atom. The first-order chi connectivity index (χ1) is 12.0. The molecule has 1 amide bonds. The zero-order chi connectivity index (χ0) is 17.7. The number of sulfonamides is 1. The van der Waals surface area contributed by atoms with Crippen molar-refractivity contribution in [2.24, 2.45) is 5.92 Å². The van der Waals surface area contributed by atoms with E-state index in [9.17, 15) is 13.2 Å². The van der Waals surface area contributed by atoms with Gasteiger partial charge in [0.25, 0.3) is 5.91 Å². The number of carbonyl (C=O) groups excluding carboxylic acids is 1. The van der Waals surface area contributed by atoms with Crippen LogP contribution >= 0.6 is 0 Å². The monoisotopic (exact) mass is 362 g/mol. The van der Waals surface area contributed by atoms with Crippen molar-refractivity contribution in [2.45, 2.75) is 30.7 Å². The summed E-state index contributed by atoms with van der Waals surface area (Å²) in [6.07, 6.45) is 6.47. The highest BCUT2D eigenvalue weighted by Gasteiger charge is 2.24. The summed E-state index contributed by atoms with van der Waals surface area (Å²) in [6.45, 7) is 1.68. The normalized spacial score (nSPS) is 14.4. The van der Waals surface area contributed by atoms with Gasteiger partial charge >= 0.3 is 0 Å². The molecule has 1 saturated carbocycles. The van der Waals surface area contributed by atoms with Crippen LogP contribution in [0.1, 0.15) is 29.6 Å². The van der Waals surface area contributed by atoms with E-state index >= 15 is 0 Å². The number of benzene rings is 1. The predicted molar refractivity (Wildman–Crippen MR) is 93.5 cm³/mol. The van der Waals surface area contributed by atoms with Crippen molar-refractivity contribution in [3.63, 3.8) is 0 Å². The molecule has 7 nitrogen and oxygen atoms in total. The fourth-order valence-electron chi connectivity index (χ4n) is 2.42. The zero-order valence-corrected chi connectivity index (χ0v) is 14.7. The number of hydrogen-bond acceptors (Lipinski definition) is 4. The Bertz CT molecular complexity index is 814. The van der Waals surface area contributed by atoms with E-state index in [1.807, 2.05) is 12.3 Å². The van der Waals surface area contributed by atoms with E-state index in [0.717, 1.165) is 19.3 Å². The number of rotatable bonds is 9. The Morgan fingerprint density at radius 2 is 2.12 bits per heavy atom. The molecule has 0 unspecified atom stereocenters. The van der Waals surface area contributed by atoms with Crippen molar-refractivity contribution in [2.75, 3.05) is 13.1 Å². The standard InChI is InChI=1S/C17H22N4O3S/c22-17(18-8-2-10-21-11-3-9-19-21)15-4-1-5-16(12-15)25(23,24)20-13-14-6-7-14/h1,3-5,9,11-12,14,20H,2,6-8,10,13H2,(H,18,22). The van der Waals surface area contributed by atoms with Crippen LogP contribution in [0.15, 0.2) is 47.6 Å². The number of nitrogens with one attached hydrogen (secondary N) is 2. The van der Waals surface area contributed by atoms with E-state index in [1.165, 1.54) is 12.1 Å². The van der Waals surface area contributed by atoms with E-state index in [-0.39, 0.29) is 10.8 Å². The molecule has 1 aromatic carbocycles. The molecular weight excluding hydrogens is 340 g/mol. The van der Waals surface area contributed by atoms with E-state index in [1.54, 1.807) is 23.0 Å². The summed E-state index contributed by atoms with van der Waals surface area (Å²) in [5.41, 5.74) is 0.341. The van der Waals surface area contributed by atoms with Gasteiger partial charge in [-0.05, 0) is 49.4 Å². The second-order valence-corrected chi connectivity index (χ2v) is 7.97. The maximum absolute atomic E-state index is 12.3. The minimum absolute atomic E-state index is 0.123. The van der Waals surface area contributed by atoms with Crippen LogP contribution in [0.5, 0.6) is 0 Å². The maximum atomic E-state index is 12.3. The molecule has 1 aliphatic rings. The summed E-state index contributed by atoms with van der Waals surface area (Å²) in [5.74, 6) is 0.177. The number of aromatic nitrogens is 2. The first-order valence-electron chi connectivity index (χ1n) is 8.40. The van der Waals surface area contributed by atoms with Crippen LogP contribution in [0.4, 0.5) is 0 Å². The largest absolute Gasteiger partial charge is 0.352 e. The Morgan fingerprint density at radius 1 is 1.28 bits per heavy atom. The second-order valence-electron chi connectivity index (χ2n) is 6.20. The Kier molecular flexibility index (Phi) is 5.50. The minimum atomic E-state index is -3.57. The van der Waals surface area contributed by atoms with E-state index < -0.39 is 10.0 Å². The zero-order valence-electron chi connectivity index (χ0n) is 13.9. The molecule has 25 heavy (non-hydrogen) atoms. The van der Waals surface area contributed by atoms with Gasteiger partial charge in [-0.3, -0.25) is 9.48 Å². The topological polar surface area (TPSA) is 93.1 Å². The van der Waals surface area contributed by atoms with Crippen molar-refractivity contribution in [3.8, 4) is 0 Å². The Hall–Kier alpha value is -2.19. The van der Waals surface area contributed by atoms with Gasteiger partial charge in [0.05, 0.1) is 4.90 Å². The molecule has 0 bridgehead atoms.